The van der Waals surface area contributed by atoms with Crippen LogP contribution in [0.3, 0.4) is 0 Å². The number of aromatic nitrogens is 3. The van der Waals surface area contributed by atoms with Gasteiger partial charge in [-0.25, -0.2) is 14.4 Å². The van der Waals surface area contributed by atoms with Crippen molar-refractivity contribution in [3.8, 4) is 0 Å². The maximum absolute atomic E-state index is 12.9. The van der Waals surface area contributed by atoms with Gasteiger partial charge >= 0.3 is 0 Å². The van der Waals surface area contributed by atoms with E-state index in [-0.39, 0.29) is 48.9 Å². The standard InChI is InChI=1S/C20H16N6O4S.C6H4ClF/c27-16-8-26-14(7-22-16)17(24-18(26)20(29)23-6-11-5-21-10-30-11)25-19(28)13-9-31-15-4-2-1-3-12(13)15;7-5-1-3-6(8)4-2-5/h1-5,9-10H,6-8H2,(H,22,27)(H,23,29)(H,25,28);1-4H. The normalized spacial score (nSPS) is 12.2. The van der Waals surface area contributed by atoms with Gasteiger partial charge in [0.15, 0.2) is 12.2 Å². The molecule has 198 valence electrons. The molecule has 6 rings (SSSR count). The number of nitrogens with zero attached hydrogens (tertiary/aromatic N) is 3. The summed E-state index contributed by atoms with van der Waals surface area (Å²) in [6.07, 6.45) is 2.76. The molecule has 3 N–H and O–H groups in total. The average Bonchev–Trinajstić information content (AvgIpc) is 3.68. The summed E-state index contributed by atoms with van der Waals surface area (Å²) in [5.74, 6) is -0.558. The summed E-state index contributed by atoms with van der Waals surface area (Å²) < 4.78 is 19.6. The first kappa shape index (κ1) is 26.1. The van der Waals surface area contributed by atoms with Gasteiger partial charge in [0.05, 0.1) is 30.5 Å². The van der Waals surface area contributed by atoms with E-state index in [2.05, 4.69) is 25.9 Å². The molecular formula is C26H20ClFN6O4S. The van der Waals surface area contributed by atoms with E-state index in [4.69, 9.17) is 16.0 Å². The third kappa shape index (κ3) is 5.97. The number of nitrogens with one attached hydrogen (secondary N) is 3. The largest absolute Gasteiger partial charge is 0.447 e. The number of hydrogen-bond donors (Lipinski definition) is 3. The maximum Gasteiger partial charge on any atom is 0.287 e. The molecule has 0 spiro atoms. The van der Waals surface area contributed by atoms with Crippen LogP contribution in [0, 0.1) is 5.82 Å². The zero-order chi connectivity index (χ0) is 27.4. The molecule has 0 bridgehead atoms. The second kappa shape index (κ2) is 11.5. The second-order valence-corrected chi connectivity index (χ2v) is 9.63. The Bertz CT molecular complexity index is 1630. The van der Waals surface area contributed by atoms with E-state index in [1.165, 1.54) is 52.8 Å². The fourth-order valence-corrected chi connectivity index (χ4v) is 4.89. The molecule has 1 aliphatic heterocycles. The van der Waals surface area contributed by atoms with Crippen molar-refractivity contribution in [1.29, 1.82) is 0 Å². The third-order valence-electron chi connectivity index (χ3n) is 5.70. The van der Waals surface area contributed by atoms with Gasteiger partial charge in [0, 0.05) is 20.5 Å². The summed E-state index contributed by atoms with van der Waals surface area (Å²) in [5, 5.41) is 11.4. The number of hydrogen-bond acceptors (Lipinski definition) is 7. The molecule has 0 fully saturated rings. The molecule has 0 saturated heterocycles. The van der Waals surface area contributed by atoms with Crippen molar-refractivity contribution in [1.82, 2.24) is 25.2 Å². The molecule has 13 heteroatoms. The predicted molar refractivity (Wildman–Crippen MR) is 143 cm³/mol. The van der Waals surface area contributed by atoms with Crippen molar-refractivity contribution < 1.29 is 23.2 Å². The Labute approximate surface area is 229 Å². The lowest BCUT2D eigenvalue weighted by Gasteiger charge is -2.17. The van der Waals surface area contributed by atoms with Gasteiger partial charge < -0.3 is 24.9 Å². The Morgan fingerprint density at radius 3 is 2.69 bits per heavy atom. The Morgan fingerprint density at radius 2 is 1.95 bits per heavy atom. The number of oxazole rings is 1. The van der Waals surface area contributed by atoms with Crippen LogP contribution in [-0.2, 0) is 24.4 Å². The smallest absolute Gasteiger partial charge is 0.287 e. The molecule has 0 radical (unpaired) electrons. The summed E-state index contributed by atoms with van der Waals surface area (Å²) in [4.78, 5) is 45.7. The van der Waals surface area contributed by atoms with Gasteiger partial charge in [-0.15, -0.1) is 11.3 Å². The number of halogens is 2. The molecule has 0 aliphatic carbocycles. The van der Waals surface area contributed by atoms with Crippen LogP contribution in [0.4, 0.5) is 10.2 Å². The highest BCUT2D eigenvalue weighted by Crippen LogP contribution is 2.27. The van der Waals surface area contributed by atoms with Crippen LogP contribution < -0.4 is 16.0 Å². The molecule has 3 amide bonds. The van der Waals surface area contributed by atoms with Gasteiger partial charge in [-0.2, -0.15) is 0 Å². The molecule has 3 aromatic heterocycles. The second-order valence-electron chi connectivity index (χ2n) is 8.28. The minimum absolute atomic E-state index is 0.0369. The van der Waals surface area contributed by atoms with Gasteiger partial charge in [0.25, 0.3) is 11.8 Å². The van der Waals surface area contributed by atoms with Crippen molar-refractivity contribution in [2.45, 2.75) is 19.6 Å². The van der Waals surface area contributed by atoms with Gasteiger partial charge in [0.1, 0.15) is 18.1 Å². The van der Waals surface area contributed by atoms with Crippen molar-refractivity contribution in [3.05, 3.63) is 100 Å². The van der Waals surface area contributed by atoms with E-state index >= 15 is 0 Å². The molecule has 0 atom stereocenters. The number of imidazole rings is 1. The van der Waals surface area contributed by atoms with Crippen molar-refractivity contribution in [2.24, 2.45) is 0 Å². The third-order valence-corrected chi connectivity index (χ3v) is 6.91. The van der Waals surface area contributed by atoms with E-state index < -0.39 is 5.91 Å². The van der Waals surface area contributed by atoms with Crippen LogP contribution in [0.15, 0.2) is 70.9 Å². The molecule has 2 aromatic carbocycles. The van der Waals surface area contributed by atoms with Crippen LogP contribution in [0.1, 0.15) is 32.4 Å². The fraction of sp³-hybridized carbons (Fsp3) is 0.115. The van der Waals surface area contributed by atoms with E-state index in [1.807, 2.05) is 24.3 Å². The van der Waals surface area contributed by atoms with Crippen molar-refractivity contribution >= 4 is 56.6 Å². The van der Waals surface area contributed by atoms with Crippen LogP contribution in [0.5, 0.6) is 0 Å². The molecule has 1 aliphatic rings. The van der Waals surface area contributed by atoms with Crippen LogP contribution in [0.2, 0.25) is 5.02 Å². The van der Waals surface area contributed by atoms with Gasteiger partial charge in [0.2, 0.25) is 11.7 Å². The number of anilines is 1. The Morgan fingerprint density at radius 1 is 1.15 bits per heavy atom. The summed E-state index contributed by atoms with van der Waals surface area (Å²) in [5.41, 5.74) is 1.08. The van der Waals surface area contributed by atoms with E-state index in [1.54, 1.807) is 5.38 Å². The number of carbonyl (C=O) groups is 3. The van der Waals surface area contributed by atoms with Crippen LogP contribution in [-0.4, -0.2) is 32.3 Å². The van der Waals surface area contributed by atoms with E-state index in [9.17, 15) is 18.8 Å². The average molecular weight is 567 g/mol. The lowest BCUT2D eigenvalue weighted by molar-refractivity contribution is -0.122. The molecule has 10 nitrogen and oxygen atoms in total. The number of carbonyl (C=O) groups excluding carboxylic acids is 3. The molecule has 5 aromatic rings. The number of thiophene rings is 1. The summed E-state index contributed by atoms with van der Waals surface area (Å²) >= 11 is 6.92. The molecule has 0 saturated carbocycles. The van der Waals surface area contributed by atoms with Crippen LogP contribution >= 0.6 is 22.9 Å². The zero-order valence-corrected chi connectivity index (χ0v) is 21.7. The molecular weight excluding hydrogens is 547 g/mol. The number of benzene rings is 2. The highest BCUT2D eigenvalue weighted by molar-refractivity contribution is 7.17. The minimum Gasteiger partial charge on any atom is -0.447 e. The first-order valence-electron chi connectivity index (χ1n) is 11.6. The Kier molecular flexibility index (Phi) is 7.66. The lowest BCUT2D eigenvalue weighted by Crippen LogP contribution is -2.37. The fourth-order valence-electron chi connectivity index (χ4n) is 3.83. The highest BCUT2D eigenvalue weighted by atomic mass is 35.5. The molecule has 4 heterocycles. The minimum atomic E-state index is -0.492. The molecule has 39 heavy (non-hydrogen) atoms. The number of rotatable bonds is 5. The molecule has 0 unspecified atom stereocenters. The van der Waals surface area contributed by atoms with Gasteiger partial charge in [-0.1, -0.05) is 29.8 Å². The van der Waals surface area contributed by atoms with E-state index in [0.29, 0.717) is 22.0 Å². The monoisotopic (exact) mass is 566 g/mol. The van der Waals surface area contributed by atoms with Crippen LogP contribution in [0.25, 0.3) is 10.1 Å². The van der Waals surface area contributed by atoms with Gasteiger partial charge in [-0.3, -0.25) is 14.4 Å². The topological polar surface area (TPSA) is 131 Å². The highest BCUT2D eigenvalue weighted by Gasteiger charge is 2.28. The van der Waals surface area contributed by atoms with Crippen molar-refractivity contribution in [3.63, 3.8) is 0 Å². The summed E-state index contributed by atoms with van der Waals surface area (Å²) in [6, 6.07) is 13.3. The SMILES string of the molecule is Fc1ccc(Cl)cc1.O=C1Cn2c(C(=O)NCc3cnco3)nc(NC(=O)c3csc4ccccc34)c2CN1. The Balaban J connectivity index is 0.000000332. The first-order chi connectivity index (χ1) is 18.9. The van der Waals surface area contributed by atoms with Crippen molar-refractivity contribution in [2.75, 3.05) is 5.32 Å². The Hall–Kier alpha value is -4.55. The lowest BCUT2D eigenvalue weighted by atomic mass is 10.1. The van der Waals surface area contributed by atoms with E-state index in [0.717, 1.165) is 10.1 Å². The number of fused-ring (bicyclic) bond motifs is 2. The number of amides is 3. The maximum atomic E-state index is 12.9. The first-order valence-corrected chi connectivity index (χ1v) is 12.8. The zero-order valence-electron chi connectivity index (χ0n) is 20.1. The summed E-state index contributed by atoms with van der Waals surface area (Å²) in [6.45, 7) is 0.210. The quantitative estimate of drug-likeness (QED) is 0.289. The van der Waals surface area contributed by atoms with Gasteiger partial charge in [-0.05, 0) is 30.3 Å². The predicted octanol–water partition coefficient (Wildman–Crippen LogP) is 4.38. The summed E-state index contributed by atoms with van der Waals surface area (Å²) in [7, 11) is 0.